The van der Waals surface area contributed by atoms with Crippen molar-refractivity contribution >= 4 is 27.8 Å². The number of aromatic nitrogens is 1. The Balaban J connectivity index is 1.61. The highest BCUT2D eigenvalue weighted by Gasteiger charge is 2.31. The average molecular weight is 538 g/mol. The van der Waals surface area contributed by atoms with E-state index in [1.54, 1.807) is 48.1 Å². The molecule has 0 fully saturated rings. The largest absolute Gasteiger partial charge is 0.497 e. The fraction of sp³-hybridized carbons (Fsp3) is 0.219. The van der Waals surface area contributed by atoms with Crippen LogP contribution in [0.2, 0.25) is 0 Å². The zero-order valence-corrected chi connectivity index (χ0v) is 22.4. The standard InChI is InChI=1S/C32H27NO7/c1-37-21-9-7-18(8-10-21)25-17-40-31-22(30(25)35)11-12-26(38-2)28(31)23(16-27(34)39-3)24-15-20-6-4-5-19-13-14-33(29(19)20)32(24)36/h4-12,15,17,23H,13-14,16H2,1-3H3. The lowest BCUT2D eigenvalue weighted by Gasteiger charge is -2.21. The average Bonchev–Trinajstić information content (AvgIpc) is 3.43. The van der Waals surface area contributed by atoms with E-state index in [1.165, 1.54) is 20.5 Å². The van der Waals surface area contributed by atoms with Crippen molar-refractivity contribution in [2.45, 2.75) is 25.3 Å². The molecular formula is C32H27NO7. The number of carbonyl (C=O) groups excluding carboxylic acids is 1. The van der Waals surface area contributed by atoms with Gasteiger partial charge in [0.2, 0.25) is 5.43 Å². The number of benzene rings is 3. The second-order valence-corrected chi connectivity index (χ2v) is 9.76. The Bertz CT molecular complexity index is 1900. The maximum atomic E-state index is 13.9. The summed E-state index contributed by atoms with van der Waals surface area (Å²) in [5.41, 5.74) is 3.75. The minimum absolute atomic E-state index is 0.143. The summed E-state index contributed by atoms with van der Waals surface area (Å²) < 4.78 is 23.9. The van der Waals surface area contributed by atoms with Crippen molar-refractivity contribution < 1.29 is 23.4 Å². The number of hydrogen-bond acceptors (Lipinski definition) is 7. The summed E-state index contributed by atoms with van der Waals surface area (Å²) in [7, 11) is 4.38. The number of carbonyl (C=O) groups is 1. The predicted octanol–water partition coefficient (Wildman–Crippen LogP) is 5.04. The van der Waals surface area contributed by atoms with Crippen molar-refractivity contribution in [1.82, 2.24) is 4.57 Å². The smallest absolute Gasteiger partial charge is 0.306 e. The van der Waals surface area contributed by atoms with Gasteiger partial charge in [0, 0.05) is 23.6 Å². The molecule has 6 rings (SSSR count). The number of fused-ring (bicyclic) bond motifs is 1. The predicted molar refractivity (Wildman–Crippen MR) is 151 cm³/mol. The third kappa shape index (κ3) is 4.04. The zero-order chi connectivity index (χ0) is 28.0. The molecule has 1 atom stereocenters. The van der Waals surface area contributed by atoms with Crippen LogP contribution in [0.5, 0.6) is 11.5 Å². The summed E-state index contributed by atoms with van der Waals surface area (Å²) in [4.78, 5) is 40.4. The molecule has 0 radical (unpaired) electrons. The van der Waals surface area contributed by atoms with Gasteiger partial charge < -0.3 is 23.2 Å². The van der Waals surface area contributed by atoms with Gasteiger partial charge in [-0.3, -0.25) is 14.4 Å². The van der Waals surface area contributed by atoms with E-state index in [1.807, 2.05) is 24.3 Å². The number of rotatable bonds is 7. The summed E-state index contributed by atoms with van der Waals surface area (Å²) >= 11 is 0. The first-order valence-corrected chi connectivity index (χ1v) is 12.9. The number of methoxy groups -OCH3 is 3. The van der Waals surface area contributed by atoms with E-state index in [-0.39, 0.29) is 23.0 Å². The van der Waals surface area contributed by atoms with Gasteiger partial charge in [-0.05, 0) is 53.3 Å². The van der Waals surface area contributed by atoms with Gasteiger partial charge in [-0.15, -0.1) is 0 Å². The normalized spacial score (nSPS) is 13.0. The van der Waals surface area contributed by atoms with Crippen molar-refractivity contribution in [3.63, 3.8) is 0 Å². The van der Waals surface area contributed by atoms with Crippen molar-refractivity contribution in [2.24, 2.45) is 0 Å². The molecule has 202 valence electrons. The Kier molecular flexibility index (Phi) is 6.38. The van der Waals surface area contributed by atoms with Crippen LogP contribution >= 0.6 is 0 Å². The van der Waals surface area contributed by atoms with E-state index in [0.29, 0.717) is 45.7 Å². The molecule has 8 nitrogen and oxygen atoms in total. The minimum atomic E-state index is -0.786. The van der Waals surface area contributed by atoms with E-state index < -0.39 is 11.9 Å². The summed E-state index contributed by atoms with van der Waals surface area (Å²) in [6.07, 6.45) is 2.03. The fourth-order valence-electron chi connectivity index (χ4n) is 5.74. The van der Waals surface area contributed by atoms with Gasteiger partial charge in [0.25, 0.3) is 5.56 Å². The fourth-order valence-corrected chi connectivity index (χ4v) is 5.74. The second-order valence-electron chi connectivity index (χ2n) is 9.76. The van der Waals surface area contributed by atoms with Crippen LogP contribution in [-0.2, 0) is 22.5 Å². The van der Waals surface area contributed by atoms with Crippen LogP contribution in [-0.4, -0.2) is 31.9 Å². The number of para-hydroxylation sites is 1. The number of hydrogen-bond donors (Lipinski definition) is 0. The molecule has 0 saturated heterocycles. The monoisotopic (exact) mass is 537 g/mol. The number of aryl methyl sites for hydroxylation is 2. The van der Waals surface area contributed by atoms with Crippen LogP contribution in [0.3, 0.4) is 0 Å². The van der Waals surface area contributed by atoms with E-state index in [9.17, 15) is 14.4 Å². The van der Waals surface area contributed by atoms with Crippen LogP contribution in [0.4, 0.5) is 0 Å². The molecule has 1 aliphatic rings. The molecule has 1 aliphatic heterocycles. The molecule has 0 amide bonds. The molecule has 0 N–H and O–H groups in total. The van der Waals surface area contributed by atoms with E-state index in [2.05, 4.69) is 0 Å². The summed E-state index contributed by atoms with van der Waals surface area (Å²) in [5, 5.41) is 1.22. The van der Waals surface area contributed by atoms with Gasteiger partial charge in [-0.1, -0.05) is 30.3 Å². The highest BCUT2D eigenvalue weighted by atomic mass is 16.5. The van der Waals surface area contributed by atoms with Gasteiger partial charge >= 0.3 is 5.97 Å². The Labute approximate surface area is 229 Å². The van der Waals surface area contributed by atoms with Gasteiger partial charge in [0.1, 0.15) is 23.3 Å². The lowest BCUT2D eigenvalue weighted by atomic mass is 9.86. The molecule has 8 heteroatoms. The van der Waals surface area contributed by atoms with E-state index >= 15 is 0 Å². The maximum absolute atomic E-state index is 13.9. The van der Waals surface area contributed by atoms with Gasteiger partial charge in [-0.2, -0.15) is 0 Å². The Hall–Kier alpha value is -4.85. The van der Waals surface area contributed by atoms with Crippen LogP contribution in [0, 0.1) is 0 Å². The highest BCUT2D eigenvalue weighted by molar-refractivity contribution is 5.89. The minimum Gasteiger partial charge on any atom is -0.497 e. The molecule has 3 heterocycles. The SMILES string of the molecule is COC(=O)CC(c1cc2cccc3c2n(c1=O)CC3)c1c(OC)ccc2c(=O)c(-c3ccc(OC)cc3)coc12. The first kappa shape index (κ1) is 25.4. The third-order valence-electron chi connectivity index (χ3n) is 7.71. The van der Waals surface area contributed by atoms with Gasteiger partial charge in [0.15, 0.2) is 0 Å². The van der Waals surface area contributed by atoms with Crippen molar-refractivity contribution in [3.8, 4) is 22.6 Å². The molecular weight excluding hydrogens is 510 g/mol. The molecule has 0 bridgehead atoms. The Morgan fingerprint density at radius 2 is 1.80 bits per heavy atom. The quantitative estimate of drug-likeness (QED) is 0.268. The lowest BCUT2D eigenvalue weighted by Crippen LogP contribution is -2.26. The Morgan fingerprint density at radius 3 is 2.52 bits per heavy atom. The molecule has 0 spiro atoms. The Morgan fingerprint density at radius 1 is 1.00 bits per heavy atom. The van der Waals surface area contributed by atoms with Crippen LogP contribution in [0.1, 0.15) is 29.0 Å². The van der Waals surface area contributed by atoms with Crippen LogP contribution < -0.4 is 20.5 Å². The van der Waals surface area contributed by atoms with Crippen molar-refractivity contribution in [2.75, 3.05) is 21.3 Å². The first-order valence-electron chi connectivity index (χ1n) is 12.9. The molecule has 3 aromatic carbocycles. The van der Waals surface area contributed by atoms with E-state index in [4.69, 9.17) is 18.6 Å². The number of nitrogens with zero attached hydrogens (tertiary/aromatic N) is 1. The highest BCUT2D eigenvalue weighted by Crippen LogP contribution is 2.40. The van der Waals surface area contributed by atoms with Gasteiger partial charge in [0.05, 0.1) is 44.2 Å². The number of esters is 1. The van der Waals surface area contributed by atoms with Crippen molar-refractivity contribution in [1.29, 1.82) is 0 Å². The molecule has 1 unspecified atom stereocenters. The maximum Gasteiger partial charge on any atom is 0.306 e. The number of ether oxygens (including phenoxy) is 3. The van der Waals surface area contributed by atoms with Crippen LogP contribution in [0.25, 0.3) is 33.0 Å². The van der Waals surface area contributed by atoms with Crippen LogP contribution in [0.15, 0.2) is 80.9 Å². The van der Waals surface area contributed by atoms with Crippen molar-refractivity contribution in [3.05, 3.63) is 104 Å². The summed E-state index contributed by atoms with van der Waals surface area (Å²) in [5.74, 6) is -0.220. The lowest BCUT2D eigenvalue weighted by molar-refractivity contribution is -0.140. The zero-order valence-electron chi connectivity index (χ0n) is 22.4. The third-order valence-corrected chi connectivity index (χ3v) is 7.71. The molecule has 5 aromatic rings. The molecule has 2 aromatic heterocycles. The summed E-state index contributed by atoms with van der Waals surface area (Å²) in [6, 6.07) is 18.2. The topological polar surface area (TPSA) is 97.0 Å². The summed E-state index contributed by atoms with van der Waals surface area (Å²) in [6.45, 7) is 0.556. The second kappa shape index (κ2) is 10.0. The molecule has 0 aliphatic carbocycles. The van der Waals surface area contributed by atoms with Gasteiger partial charge in [-0.25, -0.2) is 0 Å². The number of pyridine rings is 1. The first-order chi connectivity index (χ1) is 19.4. The molecule has 0 saturated carbocycles. The molecule has 40 heavy (non-hydrogen) atoms. The van der Waals surface area contributed by atoms with E-state index in [0.717, 1.165) is 22.9 Å².